The fourth-order valence-corrected chi connectivity index (χ4v) is 1.49. The van der Waals surface area contributed by atoms with Crippen molar-refractivity contribution in [3.05, 3.63) is 35.9 Å². The standard InChI is InChI=1S/C14H13F5O3/c15-13(16,14(17,18)19)9-22-12(21)8-4-7-11(20)10-5-2-1-3-6-10/h1-3,5-6H,4,7-9H2. The summed E-state index contributed by atoms with van der Waals surface area (Å²) in [6.45, 7) is -2.05. The molecular formula is C14H13F5O3. The van der Waals surface area contributed by atoms with Gasteiger partial charge >= 0.3 is 18.1 Å². The third-order valence-electron chi connectivity index (χ3n) is 2.71. The van der Waals surface area contributed by atoms with Crippen molar-refractivity contribution < 1.29 is 36.3 Å². The monoisotopic (exact) mass is 324 g/mol. The van der Waals surface area contributed by atoms with E-state index < -0.39 is 31.1 Å². The lowest BCUT2D eigenvalue weighted by Crippen LogP contribution is -2.41. The van der Waals surface area contributed by atoms with Crippen molar-refractivity contribution >= 4 is 11.8 Å². The maximum absolute atomic E-state index is 12.5. The summed E-state index contributed by atoms with van der Waals surface area (Å²) in [5.41, 5.74) is 0.430. The number of rotatable bonds is 7. The van der Waals surface area contributed by atoms with E-state index in [0.717, 1.165) is 0 Å². The first-order chi connectivity index (χ1) is 10.1. The van der Waals surface area contributed by atoms with E-state index >= 15 is 0 Å². The van der Waals surface area contributed by atoms with E-state index in [1.807, 2.05) is 0 Å². The molecule has 0 saturated carbocycles. The Bertz CT molecular complexity index is 511. The summed E-state index contributed by atoms with van der Waals surface area (Å²) in [5, 5.41) is 0. The van der Waals surface area contributed by atoms with Gasteiger partial charge in [0.25, 0.3) is 0 Å². The Morgan fingerprint density at radius 1 is 0.955 bits per heavy atom. The van der Waals surface area contributed by atoms with E-state index in [9.17, 15) is 31.5 Å². The lowest BCUT2D eigenvalue weighted by molar-refractivity contribution is -0.294. The Morgan fingerprint density at radius 2 is 1.55 bits per heavy atom. The van der Waals surface area contributed by atoms with Gasteiger partial charge in [0.1, 0.15) is 0 Å². The molecule has 0 unspecified atom stereocenters. The zero-order chi connectivity index (χ0) is 16.8. The number of ketones is 1. The van der Waals surface area contributed by atoms with Crippen LogP contribution in [0.1, 0.15) is 29.6 Å². The molecule has 22 heavy (non-hydrogen) atoms. The summed E-state index contributed by atoms with van der Waals surface area (Å²) in [6, 6.07) is 8.17. The van der Waals surface area contributed by atoms with Crippen LogP contribution in [-0.2, 0) is 9.53 Å². The highest BCUT2D eigenvalue weighted by Gasteiger charge is 2.58. The van der Waals surface area contributed by atoms with Crippen LogP contribution in [0.5, 0.6) is 0 Å². The smallest absolute Gasteiger partial charge is 0.456 e. The summed E-state index contributed by atoms with van der Waals surface area (Å²) in [5.74, 6) is -6.54. The van der Waals surface area contributed by atoms with Crippen molar-refractivity contribution in [2.24, 2.45) is 0 Å². The molecule has 0 aromatic heterocycles. The van der Waals surface area contributed by atoms with Crippen molar-refractivity contribution in [1.29, 1.82) is 0 Å². The second-order valence-electron chi connectivity index (χ2n) is 4.51. The second-order valence-corrected chi connectivity index (χ2v) is 4.51. The Morgan fingerprint density at radius 3 is 2.09 bits per heavy atom. The first kappa shape index (κ1) is 18.1. The third-order valence-corrected chi connectivity index (χ3v) is 2.71. The molecule has 1 aromatic carbocycles. The second kappa shape index (κ2) is 7.33. The van der Waals surface area contributed by atoms with Gasteiger partial charge in [-0.25, -0.2) is 0 Å². The normalized spacial score (nSPS) is 12.0. The molecule has 0 saturated heterocycles. The number of carbonyl (C=O) groups is 2. The van der Waals surface area contributed by atoms with Gasteiger partial charge in [-0.1, -0.05) is 30.3 Å². The number of Topliss-reactive ketones (excluding diaryl/α,β-unsaturated/α-hetero) is 1. The fourth-order valence-electron chi connectivity index (χ4n) is 1.49. The van der Waals surface area contributed by atoms with Crippen molar-refractivity contribution in [3.63, 3.8) is 0 Å². The molecule has 8 heteroatoms. The molecule has 0 radical (unpaired) electrons. The quantitative estimate of drug-likeness (QED) is 0.435. The number of halogens is 5. The summed E-state index contributed by atoms with van der Waals surface area (Å²) in [6.07, 6.45) is -6.21. The molecule has 0 atom stereocenters. The highest BCUT2D eigenvalue weighted by Crippen LogP contribution is 2.35. The van der Waals surface area contributed by atoms with Gasteiger partial charge < -0.3 is 4.74 Å². The van der Waals surface area contributed by atoms with Gasteiger partial charge in [-0.05, 0) is 6.42 Å². The van der Waals surface area contributed by atoms with E-state index in [2.05, 4.69) is 4.74 Å². The molecular weight excluding hydrogens is 311 g/mol. The SMILES string of the molecule is O=C(CCCC(=O)c1ccccc1)OCC(F)(F)C(F)(F)F. The number of alkyl halides is 5. The fraction of sp³-hybridized carbons (Fsp3) is 0.429. The highest BCUT2D eigenvalue weighted by atomic mass is 19.4. The van der Waals surface area contributed by atoms with Gasteiger partial charge in [-0.3, -0.25) is 9.59 Å². The number of ether oxygens (including phenoxy) is 1. The molecule has 0 aliphatic carbocycles. The van der Waals surface area contributed by atoms with Crippen LogP contribution >= 0.6 is 0 Å². The summed E-state index contributed by atoms with van der Waals surface area (Å²) < 4.78 is 64.4. The van der Waals surface area contributed by atoms with Crippen molar-refractivity contribution in [3.8, 4) is 0 Å². The number of hydrogen-bond donors (Lipinski definition) is 0. The molecule has 0 heterocycles. The van der Waals surface area contributed by atoms with Gasteiger partial charge in [0, 0.05) is 18.4 Å². The Labute approximate surface area is 123 Å². The van der Waals surface area contributed by atoms with E-state index in [4.69, 9.17) is 0 Å². The van der Waals surface area contributed by atoms with E-state index in [1.165, 1.54) is 0 Å². The average molecular weight is 324 g/mol. The molecule has 0 spiro atoms. The zero-order valence-electron chi connectivity index (χ0n) is 11.3. The molecule has 0 fully saturated rings. The first-order valence-electron chi connectivity index (χ1n) is 6.32. The Balaban J connectivity index is 2.31. The lowest BCUT2D eigenvalue weighted by Gasteiger charge is -2.18. The maximum atomic E-state index is 12.5. The van der Waals surface area contributed by atoms with Crippen molar-refractivity contribution in [2.75, 3.05) is 6.61 Å². The zero-order valence-corrected chi connectivity index (χ0v) is 11.3. The summed E-state index contributed by atoms with van der Waals surface area (Å²) in [4.78, 5) is 22.8. The van der Waals surface area contributed by atoms with Crippen molar-refractivity contribution in [1.82, 2.24) is 0 Å². The summed E-state index contributed by atoms with van der Waals surface area (Å²) >= 11 is 0. The molecule has 1 aromatic rings. The topological polar surface area (TPSA) is 43.4 Å². The largest absolute Gasteiger partial charge is 0.459 e. The lowest BCUT2D eigenvalue weighted by atomic mass is 10.1. The van der Waals surface area contributed by atoms with Crippen LogP contribution in [0.2, 0.25) is 0 Å². The average Bonchev–Trinajstić information content (AvgIpc) is 2.45. The number of hydrogen-bond acceptors (Lipinski definition) is 3. The van der Waals surface area contributed by atoms with Gasteiger partial charge in [-0.15, -0.1) is 0 Å². The summed E-state index contributed by atoms with van der Waals surface area (Å²) in [7, 11) is 0. The van der Waals surface area contributed by atoms with Crippen LogP contribution in [-0.4, -0.2) is 30.5 Å². The minimum Gasteiger partial charge on any atom is -0.459 e. The molecule has 0 aliphatic heterocycles. The van der Waals surface area contributed by atoms with Crippen LogP contribution in [0, 0.1) is 0 Å². The molecule has 1 rings (SSSR count). The Kier molecular flexibility index (Phi) is 6.01. The molecule has 0 bridgehead atoms. The van der Waals surface area contributed by atoms with Crippen LogP contribution in [0.15, 0.2) is 30.3 Å². The minimum atomic E-state index is -5.77. The highest BCUT2D eigenvalue weighted by molar-refractivity contribution is 5.96. The Hall–Kier alpha value is -1.99. The molecule has 122 valence electrons. The van der Waals surface area contributed by atoms with Crippen LogP contribution in [0.4, 0.5) is 22.0 Å². The van der Waals surface area contributed by atoms with E-state index in [1.54, 1.807) is 30.3 Å². The van der Waals surface area contributed by atoms with E-state index in [-0.39, 0.29) is 18.6 Å². The molecule has 3 nitrogen and oxygen atoms in total. The third kappa shape index (κ3) is 5.42. The van der Waals surface area contributed by atoms with E-state index in [0.29, 0.717) is 5.56 Å². The predicted molar refractivity (Wildman–Crippen MR) is 66.6 cm³/mol. The molecule has 0 amide bonds. The van der Waals surface area contributed by atoms with Crippen LogP contribution < -0.4 is 0 Å². The van der Waals surface area contributed by atoms with Gasteiger partial charge in [0.05, 0.1) is 0 Å². The predicted octanol–water partition coefficient (Wildman–Crippen LogP) is 3.78. The molecule has 0 N–H and O–H groups in total. The minimum absolute atomic E-state index is 0.00412. The van der Waals surface area contributed by atoms with Gasteiger partial charge in [-0.2, -0.15) is 22.0 Å². The number of benzene rings is 1. The van der Waals surface area contributed by atoms with Gasteiger partial charge in [0.2, 0.25) is 0 Å². The van der Waals surface area contributed by atoms with Crippen LogP contribution in [0.25, 0.3) is 0 Å². The number of carbonyl (C=O) groups excluding carboxylic acids is 2. The van der Waals surface area contributed by atoms with Crippen molar-refractivity contribution in [2.45, 2.75) is 31.4 Å². The van der Waals surface area contributed by atoms with Gasteiger partial charge in [0.15, 0.2) is 12.4 Å². The molecule has 0 aliphatic rings. The number of esters is 1. The maximum Gasteiger partial charge on any atom is 0.456 e. The first-order valence-corrected chi connectivity index (χ1v) is 6.32. The van der Waals surface area contributed by atoms with Crippen LogP contribution in [0.3, 0.4) is 0 Å².